The molecule has 1 aromatic rings. The number of β-amino-alcohol motifs (C(OH)–C–C–N with tert-alkyl or cyclic N) is 1. The van der Waals surface area contributed by atoms with Gasteiger partial charge in [-0.05, 0) is 68.8 Å². The van der Waals surface area contributed by atoms with Crippen molar-refractivity contribution in [2.75, 3.05) is 19.7 Å². The van der Waals surface area contributed by atoms with Crippen molar-refractivity contribution in [2.24, 2.45) is 0 Å². The van der Waals surface area contributed by atoms with Gasteiger partial charge in [-0.15, -0.1) is 0 Å². The molecule has 0 spiro atoms. The first kappa shape index (κ1) is 14.9. The Hall–Kier alpha value is -1.06. The Bertz CT molecular complexity index is 474. The average molecular weight is 289 g/mol. The molecule has 1 N–H and O–H groups in total. The zero-order valence-electron chi connectivity index (χ0n) is 13.1. The molecule has 116 valence electrons. The summed E-state index contributed by atoms with van der Waals surface area (Å²) in [4.78, 5) is 2.39. The van der Waals surface area contributed by atoms with Crippen LogP contribution in [0.2, 0.25) is 0 Å². The van der Waals surface area contributed by atoms with E-state index in [-0.39, 0.29) is 0 Å². The van der Waals surface area contributed by atoms with Crippen LogP contribution >= 0.6 is 0 Å². The SMILES string of the molecule is C[C@@H]1CCCCN1C[C@@H](O)COc1ccc2c(c1)CCC2. The monoisotopic (exact) mass is 289 g/mol. The van der Waals surface area contributed by atoms with Crippen molar-refractivity contribution in [3.05, 3.63) is 29.3 Å². The minimum absolute atomic E-state index is 0.391. The molecule has 0 bridgehead atoms. The van der Waals surface area contributed by atoms with Gasteiger partial charge in [-0.1, -0.05) is 12.5 Å². The maximum absolute atomic E-state index is 10.2. The molecule has 0 radical (unpaired) electrons. The Labute approximate surface area is 127 Å². The van der Waals surface area contributed by atoms with Gasteiger partial charge in [-0.3, -0.25) is 4.90 Å². The Balaban J connectivity index is 1.48. The van der Waals surface area contributed by atoms with Gasteiger partial charge in [0, 0.05) is 12.6 Å². The molecule has 1 aromatic carbocycles. The predicted molar refractivity (Wildman–Crippen MR) is 84.9 cm³/mol. The lowest BCUT2D eigenvalue weighted by atomic mass is 10.0. The average Bonchev–Trinajstić information content (AvgIpc) is 2.95. The van der Waals surface area contributed by atoms with E-state index >= 15 is 0 Å². The number of fused-ring (bicyclic) bond motifs is 1. The highest BCUT2D eigenvalue weighted by molar-refractivity contribution is 5.38. The van der Waals surface area contributed by atoms with Crippen LogP contribution in [0.5, 0.6) is 5.75 Å². The van der Waals surface area contributed by atoms with Gasteiger partial charge in [0.15, 0.2) is 0 Å². The number of aliphatic hydroxyl groups is 1. The lowest BCUT2D eigenvalue weighted by molar-refractivity contribution is 0.0437. The maximum Gasteiger partial charge on any atom is 0.119 e. The van der Waals surface area contributed by atoms with E-state index < -0.39 is 6.10 Å². The normalized spacial score (nSPS) is 23.8. The second-order valence-corrected chi connectivity index (χ2v) is 6.59. The first-order valence-corrected chi connectivity index (χ1v) is 8.39. The van der Waals surface area contributed by atoms with E-state index in [1.807, 2.05) is 6.07 Å². The molecule has 3 heteroatoms. The third kappa shape index (κ3) is 3.78. The second-order valence-electron chi connectivity index (χ2n) is 6.59. The van der Waals surface area contributed by atoms with Gasteiger partial charge in [0.25, 0.3) is 0 Å². The number of ether oxygens (including phenoxy) is 1. The number of hydrogen-bond donors (Lipinski definition) is 1. The Kier molecular flexibility index (Phi) is 4.81. The first-order valence-electron chi connectivity index (χ1n) is 8.39. The molecule has 1 saturated heterocycles. The highest BCUT2D eigenvalue weighted by atomic mass is 16.5. The summed E-state index contributed by atoms with van der Waals surface area (Å²) in [6.45, 7) is 4.48. The summed E-state index contributed by atoms with van der Waals surface area (Å²) in [6, 6.07) is 6.96. The van der Waals surface area contributed by atoms with E-state index in [0.29, 0.717) is 12.6 Å². The molecule has 0 unspecified atom stereocenters. The summed E-state index contributed by atoms with van der Waals surface area (Å²) in [6.07, 6.45) is 7.04. The van der Waals surface area contributed by atoms with E-state index in [2.05, 4.69) is 24.0 Å². The van der Waals surface area contributed by atoms with Crippen LogP contribution in [0.25, 0.3) is 0 Å². The van der Waals surface area contributed by atoms with Crippen LogP contribution < -0.4 is 4.74 Å². The first-order chi connectivity index (χ1) is 10.2. The number of aryl methyl sites for hydroxylation is 2. The number of aliphatic hydroxyl groups excluding tert-OH is 1. The lowest BCUT2D eigenvalue weighted by Crippen LogP contribution is -2.43. The number of piperidine rings is 1. The highest BCUT2D eigenvalue weighted by Crippen LogP contribution is 2.26. The molecular weight excluding hydrogens is 262 g/mol. The van der Waals surface area contributed by atoms with Crippen molar-refractivity contribution >= 4 is 0 Å². The fourth-order valence-corrected chi connectivity index (χ4v) is 3.58. The van der Waals surface area contributed by atoms with E-state index in [4.69, 9.17) is 4.74 Å². The summed E-state index contributed by atoms with van der Waals surface area (Å²) in [7, 11) is 0. The van der Waals surface area contributed by atoms with Crippen LogP contribution in [-0.4, -0.2) is 41.8 Å². The van der Waals surface area contributed by atoms with Crippen molar-refractivity contribution in [3.8, 4) is 5.75 Å². The number of nitrogens with zero attached hydrogens (tertiary/aromatic N) is 1. The van der Waals surface area contributed by atoms with Gasteiger partial charge in [-0.25, -0.2) is 0 Å². The van der Waals surface area contributed by atoms with Gasteiger partial charge < -0.3 is 9.84 Å². The van der Waals surface area contributed by atoms with Gasteiger partial charge in [0.2, 0.25) is 0 Å². The van der Waals surface area contributed by atoms with Crippen molar-refractivity contribution in [2.45, 2.75) is 57.6 Å². The summed E-state index contributed by atoms with van der Waals surface area (Å²) in [5, 5.41) is 10.2. The van der Waals surface area contributed by atoms with Gasteiger partial charge >= 0.3 is 0 Å². The third-order valence-electron chi connectivity index (χ3n) is 4.90. The fourth-order valence-electron chi connectivity index (χ4n) is 3.58. The standard InChI is InChI=1S/C18H27NO2/c1-14-5-2-3-10-19(14)12-17(20)13-21-18-9-8-15-6-4-7-16(15)11-18/h8-9,11,14,17,20H,2-7,10,12-13H2,1H3/t14-,17-/m1/s1. The molecule has 1 aliphatic carbocycles. The third-order valence-corrected chi connectivity index (χ3v) is 4.90. The quantitative estimate of drug-likeness (QED) is 0.905. The molecule has 2 atom stereocenters. The zero-order chi connectivity index (χ0) is 14.7. The molecule has 21 heavy (non-hydrogen) atoms. The number of benzene rings is 1. The summed E-state index contributed by atoms with van der Waals surface area (Å²) >= 11 is 0. The summed E-state index contributed by atoms with van der Waals surface area (Å²) < 4.78 is 5.79. The minimum atomic E-state index is -0.404. The number of hydrogen-bond acceptors (Lipinski definition) is 3. The molecule has 1 heterocycles. The number of rotatable bonds is 5. The Morgan fingerprint density at radius 3 is 2.95 bits per heavy atom. The van der Waals surface area contributed by atoms with Gasteiger partial charge in [-0.2, -0.15) is 0 Å². The van der Waals surface area contributed by atoms with E-state index in [0.717, 1.165) is 18.8 Å². The molecule has 0 amide bonds. The smallest absolute Gasteiger partial charge is 0.119 e. The van der Waals surface area contributed by atoms with Crippen LogP contribution in [0.3, 0.4) is 0 Å². The Morgan fingerprint density at radius 2 is 2.10 bits per heavy atom. The molecular formula is C18H27NO2. The summed E-state index contributed by atoms with van der Waals surface area (Å²) in [5.74, 6) is 0.904. The maximum atomic E-state index is 10.2. The van der Waals surface area contributed by atoms with Crippen molar-refractivity contribution < 1.29 is 9.84 Å². The largest absolute Gasteiger partial charge is 0.491 e. The van der Waals surface area contributed by atoms with Crippen LogP contribution in [0.4, 0.5) is 0 Å². The van der Waals surface area contributed by atoms with Crippen LogP contribution in [-0.2, 0) is 12.8 Å². The van der Waals surface area contributed by atoms with Crippen molar-refractivity contribution in [1.29, 1.82) is 0 Å². The number of likely N-dealkylation sites (tertiary alicyclic amines) is 1. The van der Waals surface area contributed by atoms with Crippen molar-refractivity contribution in [3.63, 3.8) is 0 Å². The van der Waals surface area contributed by atoms with E-state index in [9.17, 15) is 5.11 Å². The highest BCUT2D eigenvalue weighted by Gasteiger charge is 2.21. The lowest BCUT2D eigenvalue weighted by Gasteiger charge is -2.34. The molecule has 1 fully saturated rings. The molecule has 3 rings (SSSR count). The molecule has 1 aliphatic heterocycles. The van der Waals surface area contributed by atoms with Crippen LogP contribution in [0.1, 0.15) is 43.7 Å². The molecule has 0 aromatic heterocycles. The van der Waals surface area contributed by atoms with Crippen LogP contribution in [0, 0.1) is 0 Å². The molecule has 3 nitrogen and oxygen atoms in total. The molecule has 0 saturated carbocycles. The molecule has 2 aliphatic rings. The van der Waals surface area contributed by atoms with E-state index in [1.165, 1.54) is 49.7 Å². The zero-order valence-corrected chi connectivity index (χ0v) is 13.1. The summed E-state index contributed by atoms with van der Waals surface area (Å²) in [5.41, 5.74) is 2.89. The van der Waals surface area contributed by atoms with Crippen LogP contribution in [0.15, 0.2) is 18.2 Å². The topological polar surface area (TPSA) is 32.7 Å². The van der Waals surface area contributed by atoms with Gasteiger partial charge in [0.1, 0.15) is 18.5 Å². The fraction of sp³-hybridized carbons (Fsp3) is 0.667. The van der Waals surface area contributed by atoms with Crippen molar-refractivity contribution in [1.82, 2.24) is 4.90 Å². The predicted octanol–water partition coefficient (Wildman–Crippen LogP) is 2.79. The Morgan fingerprint density at radius 1 is 1.24 bits per heavy atom. The van der Waals surface area contributed by atoms with E-state index in [1.54, 1.807) is 0 Å². The minimum Gasteiger partial charge on any atom is -0.491 e. The second kappa shape index (κ2) is 6.80. The van der Waals surface area contributed by atoms with Gasteiger partial charge in [0.05, 0.1) is 0 Å².